The molecule has 0 saturated heterocycles. The first-order valence-electron chi connectivity index (χ1n) is 3.61. The Hall–Kier alpha value is -1.78. The van der Waals surface area contributed by atoms with Crippen LogP contribution < -0.4 is 5.73 Å². The predicted molar refractivity (Wildman–Crippen MR) is 44.4 cm³/mol. The minimum Gasteiger partial charge on any atom is -0.369 e. The maximum Gasteiger partial charge on any atom is 0.197 e. The zero-order valence-electron chi connectivity index (χ0n) is 6.41. The molecule has 0 saturated carbocycles. The Bertz CT molecular complexity index is 348. The maximum absolute atomic E-state index is 5.41. The van der Waals surface area contributed by atoms with Crippen LogP contribution in [0.2, 0.25) is 0 Å². The summed E-state index contributed by atoms with van der Waals surface area (Å²) >= 11 is 0. The lowest BCUT2D eigenvalue weighted by molar-refractivity contribution is 1.05. The summed E-state index contributed by atoms with van der Waals surface area (Å²) in [4.78, 5) is 13.8. The molecule has 0 fully saturated rings. The molecule has 0 spiro atoms. The first-order chi connectivity index (χ1) is 5.84. The molecule has 2 heterocycles. The average molecular weight is 163 g/mol. The van der Waals surface area contributed by atoms with Crippen molar-refractivity contribution >= 4 is 5.95 Å². The van der Waals surface area contributed by atoms with Crippen molar-refractivity contribution in [3.8, 4) is 0 Å². The molecule has 0 radical (unpaired) electrons. The summed E-state index contributed by atoms with van der Waals surface area (Å²) < 4.78 is 0. The van der Waals surface area contributed by atoms with E-state index in [1.165, 1.54) is 0 Å². The monoisotopic (exact) mass is 163 g/mol. The standard InChI is InChI=1S/C7H9N5/c8-7-10-3-6(12-7)1-5-2-9-4-11-5/h2-4H,1H2,(H,9,11)(H3,8,10,12). The van der Waals surface area contributed by atoms with Crippen LogP contribution in [0.25, 0.3) is 0 Å². The van der Waals surface area contributed by atoms with Crippen LogP contribution in [0.5, 0.6) is 0 Å². The van der Waals surface area contributed by atoms with Crippen molar-refractivity contribution in [2.45, 2.75) is 6.42 Å². The van der Waals surface area contributed by atoms with Crippen LogP contribution in [-0.2, 0) is 6.42 Å². The van der Waals surface area contributed by atoms with E-state index in [2.05, 4.69) is 19.9 Å². The number of hydrogen-bond donors (Lipinski definition) is 3. The molecule has 0 amide bonds. The second-order valence-electron chi connectivity index (χ2n) is 2.53. The molecule has 0 aliphatic rings. The minimum absolute atomic E-state index is 0.445. The van der Waals surface area contributed by atoms with Gasteiger partial charge in [-0.05, 0) is 0 Å². The molecule has 0 aliphatic heterocycles. The molecular formula is C7H9N5. The second kappa shape index (κ2) is 2.69. The van der Waals surface area contributed by atoms with Crippen molar-refractivity contribution in [3.05, 3.63) is 30.1 Å². The molecule has 12 heavy (non-hydrogen) atoms. The molecule has 0 aromatic carbocycles. The van der Waals surface area contributed by atoms with E-state index in [-0.39, 0.29) is 0 Å². The summed E-state index contributed by atoms with van der Waals surface area (Å²) in [6.07, 6.45) is 5.93. The van der Waals surface area contributed by atoms with Gasteiger partial charge in [-0.25, -0.2) is 9.97 Å². The number of rotatable bonds is 2. The maximum atomic E-state index is 5.41. The van der Waals surface area contributed by atoms with E-state index in [0.29, 0.717) is 5.95 Å². The van der Waals surface area contributed by atoms with E-state index in [0.717, 1.165) is 17.8 Å². The van der Waals surface area contributed by atoms with Crippen LogP contribution in [0.3, 0.4) is 0 Å². The molecule has 2 rings (SSSR count). The number of H-pyrrole nitrogens is 2. The van der Waals surface area contributed by atoms with Crippen molar-refractivity contribution in [2.24, 2.45) is 0 Å². The molecule has 62 valence electrons. The van der Waals surface area contributed by atoms with Crippen molar-refractivity contribution in [1.29, 1.82) is 0 Å². The number of nitrogen functional groups attached to an aromatic ring is 1. The number of aromatic nitrogens is 4. The average Bonchev–Trinajstić information content (AvgIpc) is 2.63. The lowest BCUT2D eigenvalue weighted by Gasteiger charge is -1.90. The molecule has 0 unspecified atom stereocenters. The predicted octanol–water partition coefficient (Wildman–Crippen LogP) is 0.306. The fourth-order valence-corrected chi connectivity index (χ4v) is 1.05. The normalized spacial score (nSPS) is 10.3. The second-order valence-corrected chi connectivity index (χ2v) is 2.53. The zero-order chi connectivity index (χ0) is 8.39. The first kappa shape index (κ1) is 6.90. The number of nitrogens with zero attached hydrogens (tertiary/aromatic N) is 2. The van der Waals surface area contributed by atoms with Crippen molar-refractivity contribution in [2.75, 3.05) is 5.73 Å². The topological polar surface area (TPSA) is 83.4 Å². The Morgan fingerprint density at radius 2 is 2.33 bits per heavy atom. The Balaban J connectivity index is 2.14. The summed E-state index contributed by atoms with van der Waals surface area (Å²) in [6.45, 7) is 0. The van der Waals surface area contributed by atoms with Gasteiger partial charge < -0.3 is 15.7 Å². The number of nitrogens with two attached hydrogens (primary N) is 1. The fraction of sp³-hybridized carbons (Fsp3) is 0.143. The van der Waals surface area contributed by atoms with Crippen LogP contribution in [-0.4, -0.2) is 19.9 Å². The van der Waals surface area contributed by atoms with E-state index < -0.39 is 0 Å². The van der Waals surface area contributed by atoms with E-state index in [1.807, 2.05) is 6.20 Å². The third kappa shape index (κ3) is 1.29. The molecule has 4 N–H and O–H groups in total. The van der Waals surface area contributed by atoms with Gasteiger partial charge in [-0.3, -0.25) is 0 Å². The van der Waals surface area contributed by atoms with Crippen LogP contribution >= 0.6 is 0 Å². The molecule has 0 atom stereocenters. The third-order valence-corrected chi connectivity index (χ3v) is 1.57. The van der Waals surface area contributed by atoms with E-state index in [9.17, 15) is 0 Å². The molecular weight excluding hydrogens is 154 g/mol. The van der Waals surface area contributed by atoms with Crippen molar-refractivity contribution in [1.82, 2.24) is 19.9 Å². The highest BCUT2D eigenvalue weighted by atomic mass is 15.0. The van der Waals surface area contributed by atoms with Gasteiger partial charge in [0.15, 0.2) is 5.95 Å². The Morgan fingerprint density at radius 1 is 1.42 bits per heavy atom. The molecule has 0 bridgehead atoms. The van der Waals surface area contributed by atoms with E-state index in [4.69, 9.17) is 5.73 Å². The smallest absolute Gasteiger partial charge is 0.197 e. The van der Waals surface area contributed by atoms with Crippen LogP contribution in [0.15, 0.2) is 18.7 Å². The lowest BCUT2D eigenvalue weighted by atomic mass is 10.3. The van der Waals surface area contributed by atoms with Gasteiger partial charge in [-0.2, -0.15) is 0 Å². The quantitative estimate of drug-likeness (QED) is 0.595. The van der Waals surface area contributed by atoms with Gasteiger partial charge in [0.1, 0.15) is 0 Å². The Kier molecular flexibility index (Phi) is 1.55. The van der Waals surface area contributed by atoms with Gasteiger partial charge in [0.2, 0.25) is 0 Å². The Labute approximate surface area is 69.1 Å². The highest BCUT2D eigenvalue weighted by Crippen LogP contribution is 2.04. The molecule has 5 heteroatoms. The number of hydrogen-bond acceptors (Lipinski definition) is 3. The molecule has 2 aromatic rings. The van der Waals surface area contributed by atoms with Crippen LogP contribution in [0.1, 0.15) is 11.4 Å². The number of anilines is 1. The molecule has 2 aromatic heterocycles. The minimum atomic E-state index is 0.445. The highest BCUT2D eigenvalue weighted by Gasteiger charge is 1.99. The summed E-state index contributed by atoms with van der Waals surface area (Å²) in [7, 11) is 0. The SMILES string of the molecule is Nc1ncc(Cc2c[nH]cn2)[nH]1. The van der Waals surface area contributed by atoms with Gasteiger partial charge in [-0.15, -0.1) is 0 Å². The van der Waals surface area contributed by atoms with Crippen molar-refractivity contribution < 1.29 is 0 Å². The van der Waals surface area contributed by atoms with Crippen LogP contribution in [0, 0.1) is 0 Å². The number of nitrogens with one attached hydrogen (secondary N) is 2. The third-order valence-electron chi connectivity index (χ3n) is 1.57. The van der Waals surface area contributed by atoms with Crippen LogP contribution in [0.4, 0.5) is 5.95 Å². The van der Waals surface area contributed by atoms with Crippen molar-refractivity contribution in [3.63, 3.8) is 0 Å². The van der Waals surface area contributed by atoms with E-state index in [1.54, 1.807) is 12.5 Å². The first-order valence-corrected chi connectivity index (χ1v) is 3.61. The summed E-state index contributed by atoms with van der Waals surface area (Å²) in [6, 6.07) is 0. The van der Waals surface area contributed by atoms with Gasteiger partial charge in [0.05, 0.1) is 18.2 Å². The number of aromatic amines is 2. The van der Waals surface area contributed by atoms with Gasteiger partial charge in [0.25, 0.3) is 0 Å². The fourth-order valence-electron chi connectivity index (χ4n) is 1.05. The lowest BCUT2D eigenvalue weighted by Crippen LogP contribution is -1.89. The summed E-state index contributed by atoms with van der Waals surface area (Å²) in [5, 5.41) is 0. The number of imidazole rings is 2. The highest BCUT2D eigenvalue weighted by molar-refractivity contribution is 5.21. The molecule has 0 aliphatic carbocycles. The summed E-state index contributed by atoms with van der Waals surface area (Å²) in [5.41, 5.74) is 7.36. The van der Waals surface area contributed by atoms with Gasteiger partial charge in [0, 0.05) is 18.3 Å². The van der Waals surface area contributed by atoms with Gasteiger partial charge >= 0.3 is 0 Å². The van der Waals surface area contributed by atoms with E-state index >= 15 is 0 Å². The van der Waals surface area contributed by atoms with Gasteiger partial charge in [-0.1, -0.05) is 0 Å². The molecule has 5 nitrogen and oxygen atoms in total. The summed E-state index contributed by atoms with van der Waals surface area (Å²) in [5.74, 6) is 0.445. The Morgan fingerprint density at radius 3 is 2.92 bits per heavy atom. The largest absolute Gasteiger partial charge is 0.369 e. The zero-order valence-corrected chi connectivity index (χ0v) is 6.41.